The van der Waals surface area contributed by atoms with Crippen LogP contribution in [0.1, 0.15) is 17.8 Å². The molecule has 2 rings (SSSR count). The molecule has 1 aromatic carbocycles. The number of benzene rings is 1. The molecule has 0 amide bonds. The standard InChI is InChI=1S/C14H13F3N2S/c1-9-12(10-5-3-2-4-6-10)18-11(19-13(9)20)7-8-14(15,16)17/h2-6H,7-8H2,1H3,(H,18,19,20). The highest BCUT2D eigenvalue weighted by Crippen LogP contribution is 2.24. The van der Waals surface area contributed by atoms with Crippen molar-refractivity contribution in [3.63, 3.8) is 0 Å². The molecule has 0 saturated heterocycles. The molecule has 0 saturated carbocycles. The number of nitrogens with one attached hydrogen (secondary N) is 1. The SMILES string of the molecule is Cc1c(-c2ccccc2)[nH]c(CCC(F)(F)F)nc1=S. The summed E-state index contributed by atoms with van der Waals surface area (Å²) in [4.78, 5) is 6.99. The van der Waals surface area contributed by atoms with Crippen LogP contribution in [0.15, 0.2) is 30.3 Å². The second kappa shape index (κ2) is 5.75. The number of halogens is 3. The molecule has 2 nitrogen and oxygen atoms in total. The van der Waals surface area contributed by atoms with Gasteiger partial charge in [-0.15, -0.1) is 0 Å². The van der Waals surface area contributed by atoms with Gasteiger partial charge < -0.3 is 4.98 Å². The van der Waals surface area contributed by atoms with Crippen LogP contribution in [-0.4, -0.2) is 16.1 Å². The van der Waals surface area contributed by atoms with Gasteiger partial charge in [0.05, 0.1) is 12.1 Å². The Morgan fingerprint density at radius 2 is 1.85 bits per heavy atom. The van der Waals surface area contributed by atoms with E-state index in [1.165, 1.54) is 0 Å². The molecule has 0 fully saturated rings. The summed E-state index contributed by atoms with van der Waals surface area (Å²) in [5.74, 6) is 0.261. The van der Waals surface area contributed by atoms with E-state index in [2.05, 4.69) is 9.97 Å². The minimum absolute atomic E-state index is 0.201. The van der Waals surface area contributed by atoms with E-state index in [0.29, 0.717) is 4.64 Å². The number of nitrogens with zero attached hydrogens (tertiary/aromatic N) is 1. The molecule has 2 aromatic rings. The number of alkyl halides is 3. The highest BCUT2D eigenvalue weighted by Gasteiger charge is 2.27. The molecular formula is C14H13F3N2S. The Kier molecular flexibility index (Phi) is 4.23. The zero-order chi connectivity index (χ0) is 14.8. The molecule has 0 aliphatic heterocycles. The molecule has 0 radical (unpaired) electrons. The Morgan fingerprint density at radius 3 is 2.45 bits per heavy atom. The van der Waals surface area contributed by atoms with Crippen LogP contribution in [0.2, 0.25) is 0 Å². The fourth-order valence-corrected chi connectivity index (χ4v) is 2.06. The zero-order valence-electron chi connectivity index (χ0n) is 10.8. The first-order valence-electron chi connectivity index (χ1n) is 6.09. The third-order valence-electron chi connectivity index (χ3n) is 2.91. The maximum Gasteiger partial charge on any atom is 0.389 e. The van der Waals surface area contributed by atoms with Gasteiger partial charge in [0.15, 0.2) is 0 Å². The van der Waals surface area contributed by atoms with Crippen LogP contribution < -0.4 is 0 Å². The Labute approximate surface area is 119 Å². The zero-order valence-corrected chi connectivity index (χ0v) is 11.6. The van der Waals surface area contributed by atoms with Crippen molar-refractivity contribution in [1.82, 2.24) is 9.97 Å². The molecule has 0 atom stereocenters. The number of aromatic amines is 1. The molecule has 0 unspecified atom stereocenters. The van der Waals surface area contributed by atoms with E-state index in [4.69, 9.17) is 12.2 Å². The van der Waals surface area contributed by atoms with Crippen molar-refractivity contribution in [2.45, 2.75) is 25.9 Å². The van der Waals surface area contributed by atoms with Crippen molar-refractivity contribution in [3.8, 4) is 11.3 Å². The maximum absolute atomic E-state index is 12.3. The van der Waals surface area contributed by atoms with Gasteiger partial charge in [-0.2, -0.15) is 13.2 Å². The lowest BCUT2D eigenvalue weighted by Gasteiger charge is -2.10. The van der Waals surface area contributed by atoms with E-state index >= 15 is 0 Å². The maximum atomic E-state index is 12.3. The summed E-state index contributed by atoms with van der Waals surface area (Å²) in [6.45, 7) is 1.81. The van der Waals surface area contributed by atoms with Crippen LogP contribution in [0.3, 0.4) is 0 Å². The van der Waals surface area contributed by atoms with Gasteiger partial charge in [-0.3, -0.25) is 0 Å². The Balaban J connectivity index is 2.38. The number of aryl methyl sites for hydroxylation is 1. The fraction of sp³-hybridized carbons (Fsp3) is 0.286. The summed E-state index contributed by atoms with van der Waals surface area (Å²) in [5, 5.41) is 0. The molecule has 0 aliphatic rings. The first kappa shape index (κ1) is 14.7. The minimum Gasteiger partial charge on any atom is -0.343 e. The van der Waals surface area contributed by atoms with E-state index < -0.39 is 12.6 Å². The van der Waals surface area contributed by atoms with Crippen molar-refractivity contribution < 1.29 is 13.2 Å². The van der Waals surface area contributed by atoms with E-state index in [-0.39, 0.29) is 12.2 Å². The van der Waals surface area contributed by atoms with Crippen LogP contribution in [-0.2, 0) is 6.42 Å². The Bertz CT molecular complexity index is 648. The predicted octanol–water partition coefficient (Wildman–Crippen LogP) is 4.61. The lowest BCUT2D eigenvalue weighted by Crippen LogP contribution is -2.11. The van der Waals surface area contributed by atoms with Gasteiger partial charge in [-0.05, 0) is 12.5 Å². The molecule has 1 N–H and O–H groups in total. The monoisotopic (exact) mass is 298 g/mol. The molecule has 0 aliphatic carbocycles. The second-order valence-electron chi connectivity index (χ2n) is 4.47. The average molecular weight is 298 g/mol. The van der Waals surface area contributed by atoms with Gasteiger partial charge in [-0.1, -0.05) is 42.5 Å². The molecule has 0 spiro atoms. The van der Waals surface area contributed by atoms with Gasteiger partial charge in [0.1, 0.15) is 10.5 Å². The molecule has 1 heterocycles. The van der Waals surface area contributed by atoms with Crippen LogP contribution in [0.5, 0.6) is 0 Å². The van der Waals surface area contributed by atoms with Crippen molar-refractivity contribution >= 4 is 12.2 Å². The van der Waals surface area contributed by atoms with Crippen LogP contribution in [0, 0.1) is 11.6 Å². The molecule has 20 heavy (non-hydrogen) atoms. The Hall–Kier alpha value is -1.69. The van der Waals surface area contributed by atoms with Gasteiger partial charge in [0.25, 0.3) is 0 Å². The first-order chi connectivity index (χ1) is 9.37. The molecule has 0 bridgehead atoms. The molecular weight excluding hydrogens is 285 g/mol. The smallest absolute Gasteiger partial charge is 0.343 e. The number of rotatable bonds is 3. The normalized spacial score (nSPS) is 11.6. The number of aromatic nitrogens is 2. The summed E-state index contributed by atoms with van der Waals surface area (Å²) >= 11 is 5.12. The minimum atomic E-state index is -4.20. The summed E-state index contributed by atoms with van der Waals surface area (Å²) in [6, 6.07) is 9.35. The predicted molar refractivity (Wildman–Crippen MR) is 74.0 cm³/mol. The van der Waals surface area contributed by atoms with E-state index in [0.717, 1.165) is 16.8 Å². The van der Waals surface area contributed by atoms with Gasteiger partial charge >= 0.3 is 6.18 Å². The third kappa shape index (κ3) is 3.66. The lowest BCUT2D eigenvalue weighted by molar-refractivity contribution is -0.134. The van der Waals surface area contributed by atoms with Crippen LogP contribution in [0.4, 0.5) is 13.2 Å². The van der Waals surface area contributed by atoms with Crippen LogP contribution in [0.25, 0.3) is 11.3 Å². The highest BCUT2D eigenvalue weighted by atomic mass is 32.1. The Morgan fingerprint density at radius 1 is 1.20 bits per heavy atom. The largest absolute Gasteiger partial charge is 0.389 e. The number of hydrogen-bond acceptors (Lipinski definition) is 2. The second-order valence-corrected chi connectivity index (χ2v) is 4.86. The topological polar surface area (TPSA) is 28.7 Å². The summed E-state index contributed by atoms with van der Waals surface area (Å²) in [5.41, 5.74) is 2.37. The number of hydrogen-bond donors (Lipinski definition) is 1. The van der Waals surface area contributed by atoms with E-state index in [9.17, 15) is 13.2 Å². The third-order valence-corrected chi connectivity index (χ3v) is 3.31. The van der Waals surface area contributed by atoms with Crippen molar-refractivity contribution in [3.05, 3.63) is 46.4 Å². The summed E-state index contributed by atoms with van der Waals surface area (Å²) in [7, 11) is 0. The molecule has 106 valence electrons. The van der Waals surface area contributed by atoms with Crippen molar-refractivity contribution in [2.75, 3.05) is 0 Å². The molecule has 1 aromatic heterocycles. The summed E-state index contributed by atoms with van der Waals surface area (Å²) < 4.78 is 37.2. The van der Waals surface area contributed by atoms with E-state index in [1.807, 2.05) is 37.3 Å². The van der Waals surface area contributed by atoms with E-state index in [1.54, 1.807) is 0 Å². The fourth-order valence-electron chi connectivity index (χ4n) is 1.85. The lowest BCUT2D eigenvalue weighted by atomic mass is 10.1. The first-order valence-corrected chi connectivity index (χ1v) is 6.49. The molecule has 6 heteroatoms. The summed E-state index contributed by atoms with van der Waals surface area (Å²) in [6.07, 6.45) is -5.31. The number of H-pyrrole nitrogens is 1. The highest BCUT2D eigenvalue weighted by molar-refractivity contribution is 7.71. The van der Waals surface area contributed by atoms with Crippen molar-refractivity contribution in [1.29, 1.82) is 0 Å². The van der Waals surface area contributed by atoms with Gasteiger partial charge in [0.2, 0.25) is 0 Å². The van der Waals surface area contributed by atoms with Crippen molar-refractivity contribution in [2.24, 2.45) is 0 Å². The van der Waals surface area contributed by atoms with Crippen LogP contribution >= 0.6 is 12.2 Å². The van der Waals surface area contributed by atoms with Gasteiger partial charge in [0, 0.05) is 12.0 Å². The average Bonchev–Trinajstić information content (AvgIpc) is 2.40. The quantitative estimate of drug-likeness (QED) is 0.838. The van der Waals surface area contributed by atoms with Gasteiger partial charge in [-0.25, -0.2) is 4.98 Å².